The zero-order valence-electron chi connectivity index (χ0n) is 64.9. The molecule has 4 spiro atoms. The van der Waals surface area contributed by atoms with E-state index in [2.05, 4.69) is 141 Å². The Hall–Kier alpha value is -6.05. The van der Waals surface area contributed by atoms with Crippen LogP contribution in [0.15, 0.2) is 95.2 Å². The van der Waals surface area contributed by atoms with E-state index in [1.165, 1.54) is 125 Å². The summed E-state index contributed by atoms with van der Waals surface area (Å²) in [4.78, 5) is 41.1. The molecule has 14 rings (SSSR count). The van der Waals surface area contributed by atoms with Gasteiger partial charge in [-0.3, -0.25) is 4.79 Å². The van der Waals surface area contributed by atoms with Crippen LogP contribution in [0.25, 0.3) is 11.6 Å². The van der Waals surface area contributed by atoms with E-state index in [0.29, 0.717) is 99.1 Å². The molecule has 4 atom stereocenters. The van der Waals surface area contributed by atoms with Crippen molar-refractivity contribution in [2.75, 3.05) is 36.9 Å². The van der Waals surface area contributed by atoms with Crippen LogP contribution in [-0.4, -0.2) is 128 Å². The van der Waals surface area contributed by atoms with Crippen LogP contribution < -0.4 is 30.0 Å². The standard InChI is InChI=1S/C39H55ClN6O5SSi.C24H32ClN3O4Si.C15H25N3O2S.CH4/c1-36(2,3)53(6,7)51-28(33-38(18-19-38)39(33)20-21-39)25-50-31-16-23-46(44-31)30-14-13-27(34(40)43-30)35(47)45-52(48,49)32-12-8-11-29(42-32)41-22-9-10-26-15-17-37(4,5)24-26;1-22(2,3)33(4,5)32-16(19-23(9-10-23)24(19)11-12-24)14-31-18-8-13-28(27-18)17-7-6-15(21(29)30)20(25)26-17;1-15(2)9-8-12(11-15)5-4-10-17-13-6-3-7-14(18-13)21(16,19)20;/h8,11-14,16,23,26,28,33H,9-10,15,17-22,24-25H2,1-7H3,(H,41,42)(H,45,47);6-8,13,16,19H,9-12,14H2,1-5H3,(H,29,30);3,6-7,12H,4-5,8-11H2,1-2H3,(H,17,18)(H2,16,19,20);1H4/t26-,28?;;12-;/m1.1./s1. The number of halogens is 2. The van der Waals surface area contributed by atoms with E-state index < -0.39 is 48.6 Å². The first-order valence-electron chi connectivity index (χ1n) is 38.3. The average molecular weight is 1600 g/mol. The number of nitrogens with two attached hydrogens (primary N) is 1. The molecule has 592 valence electrons. The van der Waals surface area contributed by atoms with Gasteiger partial charge >= 0.3 is 5.97 Å². The fourth-order valence-corrected chi connectivity index (χ4v) is 22.0. The molecule has 6 heterocycles. The lowest BCUT2D eigenvalue weighted by Gasteiger charge is -2.39. The molecule has 23 nitrogen and oxygen atoms in total. The van der Waals surface area contributed by atoms with Gasteiger partial charge in [0.25, 0.3) is 26.0 Å². The Labute approximate surface area is 652 Å². The second kappa shape index (κ2) is 30.8. The van der Waals surface area contributed by atoms with Gasteiger partial charge in [0.05, 0.1) is 23.3 Å². The van der Waals surface area contributed by atoms with E-state index in [9.17, 15) is 26.4 Å². The highest BCUT2D eigenvalue weighted by Gasteiger charge is 2.89. The van der Waals surface area contributed by atoms with Crippen molar-refractivity contribution in [3.8, 4) is 23.4 Å². The van der Waals surface area contributed by atoms with Crippen molar-refractivity contribution in [3.05, 3.63) is 107 Å². The minimum atomic E-state index is -4.28. The maximum Gasteiger partial charge on any atom is 0.338 e. The molecule has 6 N–H and O–H groups in total. The lowest BCUT2D eigenvalue weighted by atomic mass is 9.89. The molecule has 1 amide bonds. The predicted molar refractivity (Wildman–Crippen MR) is 427 cm³/mol. The minimum Gasteiger partial charge on any atom is -0.478 e. The number of rotatable bonds is 29. The number of amides is 1. The quantitative estimate of drug-likeness (QED) is 0.0165. The van der Waals surface area contributed by atoms with Crippen LogP contribution >= 0.6 is 23.2 Å². The fourth-order valence-electron chi connectivity index (χ4n) is 17.5. The second-order valence-electron chi connectivity index (χ2n) is 36.4. The molecule has 8 aliphatic carbocycles. The molecule has 2 unspecified atom stereocenters. The highest BCUT2D eigenvalue weighted by molar-refractivity contribution is 7.90. The van der Waals surface area contributed by atoms with Crippen LogP contribution in [0.2, 0.25) is 46.6 Å². The third-order valence-electron chi connectivity index (χ3n) is 25.7. The topological polar surface area (TPSA) is 309 Å². The van der Waals surface area contributed by atoms with Crippen LogP contribution in [0.5, 0.6) is 11.8 Å². The second-order valence-corrected chi connectivity index (χ2v) is 49.8. The monoisotopic (exact) mass is 1600 g/mol. The maximum atomic E-state index is 13.2. The number of carbonyl (C=O) groups is 2. The number of primary sulfonamides is 1. The van der Waals surface area contributed by atoms with Gasteiger partial charge in [-0.2, -0.15) is 8.42 Å². The van der Waals surface area contributed by atoms with Gasteiger partial charge in [0.1, 0.15) is 35.2 Å². The largest absolute Gasteiger partial charge is 0.478 e. The third-order valence-corrected chi connectivity index (χ3v) is 37.3. The number of carbonyl (C=O) groups excluding carboxylic acids is 1. The lowest BCUT2D eigenvalue weighted by Crippen LogP contribution is -2.46. The number of pyridine rings is 4. The number of carboxylic acids is 1. The maximum absolute atomic E-state index is 13.2. The van der Waals surface area contributed by atoms with Gasteiger partial charge in [0.15, 0.2) is 38.3 Å². The Bertz CT molecular complexity index is 4450. The van der Waals surface area contributed by atoms with E-state index in [0.717, 1.165) is 37.6 Å². The van der Waals surface area contributed by atoms with Crippen molar-refractivity contribution in [1.82, 2.24) is 44.2 Å². The number of ether oxygens (including phenoxy) is 2. The van der Waals surface area contributed by atoms with Gasteiger partial charge in [-0.1, -0.05) is 112 Å². The minimum absolute atomic E-state index is 0. The van der Waals surface area contributed by atoms with Gasteiger partial charge in [0, 0.05) is 37.6 Å². The van der Waals surface area contributed by atoms with Gasteiger partial charge in [0.2, 0.25) is 11.8 Å². The molecule has 0 bridgehead atoms. The molecular weight excluding hydrogens is 1480 g/mol. The molecule has 0 aromatic carbocycles. The SMILES string of the molecule is C.CC(C)(C)[Si](C)(C)OC(COc1ccn(-c2ccc(C(=O)O)c(Cl)n2)n1)C1C2(CC2)C12CC2.CC1(C)CC[C@@H](CCCNc2cccc(S(=O)(=O)NC(=O)c3ccc(-n4ccc(OCC(O[Si](C)(C)C(C)(C)C)C5C6(CC6)C56CC6)n4)nc3Cl)n2)C1.CC1(C)CC[C@@H](CCCNc2cccc(S(N)(=O)=O)n2)C1. The average Bonchev–Trinajstić information content (AvgIpc) is 1.45. The first-order valence-corrected chi connectivity index (χ1v) is 47.9. The smallest absolute Gasteiger partial charge is 0.338 e. The Balaban J connectivity index is 0.000000179. The molecule has 6 aromatic heterocycles. The third kappa shape index (κ3) is 18.3. The number of nitrogens with zero attached hydrogens (tertiary/aromatic N) is 8. The summed E-state index contributed by atoms with van der Waals surface area (Å²) < 4.78 is 80.4. The Morgan fingerprint density at radius 3 is 1.32 bits per heavy atom. The molecule has 0 aliphatic heterocycles. The molecule has 8 aliphatic rings. The predicted octanol–water partition coefficient (Wildman–Crippen LogP) is 17.4. The first kappa shape index (κ1) is 82.9. The number of anilines is 2. The summed E-state index contributed by atoms with van der Waals surface area (Å²) in [6.07, 6.45) is 26.2. The molecule has 6 aromatic rings. The van der Waals surface area contributed by atoms with Gasteiger partial charge < -0.3 is 34.1 Å². The van der Waals surface area contributed by atoms with Crippen molar-refractivity contribution in [1.29, 1.82) is 0 Å². The number of carboxylic acid groups (broad SMARTS) is 1. The molecule has 8 saturated carbocycles. The van der Waals surface area contributed by atoms with E-state index in [1.807, 2.05) is 0 Å². The van der Waals surface area contributed by atoms with Crippen LogP contribution in [0.1, 0.15) is 213 Å². The summed E-state index contributed by atoms with van der Waals surface area (Å²) in [5.74, 6) is 3.41. The molecule has 0 saturated heterocycles. The van der Waals surface area contributed by atoms with Crippen LogP contribution in [0.4, 0.5) is 11.6 Å². The van der Waals surface area contributed by atoms with Crippen LogP contribution in [-0.2, 0) is 28.9 Å². The first-order chi connectivity index (χ1) is 50.0. The molecule has 8 fully saturated rings. The molecule has 108 heavy (non-hydrogen) atoms. The summed E-state index contributed by atoms with van der Waals surface area (Å²) in [5.41, 5.74) is 2.79. The van der Waals surface area contributed by atoms with Crippen LogP contribution in [0, 0.1) is 56.2 Å². The van der Waals surface area contributed by atoms with Crippen molar-refractivity contribution in [2.24, 2.45) is 61.3 Å². The van der Waals surface area contributed by atoms with Crippen LogP contribution in [0.3, 0.4) is 0 Å². The van der Waals surface area contributed by atoms with Gasteiger partial charge in [-0.15, -0.1) is 10.2 Å². The highest BCUT2D eigenvalue weighted by Crippen LogP contribution is 2.94. The fraction of sp³-hybridized carbons (Fsp3) is 0.646. The zero-order chi connectivity index (χ0) is 77.3. The summed E-state index contributed by atoms with van der Waals surface area (Å²) in [6, 6.07) is 19.0. The van der Waals surface area contributed by atoms with E-state index in [-0.39, 0.29) is 61.2 Å². The zero-order valence-corrected chi connectivity index (χ0v) is 70.0. The summed E-state index contributed by atoms with van der Waals surface area (Å²) in [5, 5.41) is 29.3. The van der Waals surface area contributed by atoms with Crippen molar-refractivity contribution in [3.63, 3.8) is 0 Å². The van der Waals surface area contributed by atoms with Crippen molar-refractivity contribution >= 4 is 83.4 Å². The van der Waals surface area contributed by atoms with E-state index in [1.54, 1.807) is 65.6 Å². The molecule has 0 radical (unpaired) electrons. The number of aromatic carboxylic acids is 1. The molecule has 29 heteroatoms. The number of nitrogens with one attached hydrogen (secondary N) is 3. The van der Waals surface area contributed by atoms with Gasteiger partial charge in [-0.05, 0) is 257 Å². The number of hydrogen-bond donors (Lipinski definition) is 5. The van der Waals surface area contributed by atoms with E-state index in [4.69, 9.17) is 51.8 Å². The Kier molecular flexibility index (Phi) is 23.6. The number of aromatic nitrogens is 8. The number of hydrogen-bond acceptors (Lipinski definition) is 18. The summed E-state index contributed by atoms with van der Waals surface area (Å²) >= 11 is 12.5. The Morgan fingerprint density at radius 2 is 0.972 bits per heavy atom. The van der Waals surface area contributed by atoms with Crippen molar-refractivity contribution in [2.45, 2.75) is 251 Å². The summed E-state index contributed by atoms with van der Waals surface area (Å²) in [6.45, 7) is 34.6. The van der Waals surface area contributed by atoms with Crippen molar-refractivity contribution < 1.29 is 49.9 Å². The number of fused-ring (bicyclic) bond motifs is 2. The normalized spacial score (nSPS) is 21.3. The van der Waals surface area contributed by atoms with E-state index >= 15 is 0 Å². The summed E-state index contributed by atoms with van der Waals surface area (Å²) in [7, 11) is -12.0. The van der Waals surface area contributed by atoms with Gasteiger partial charge in [-0.25, -0.2) is 52.4 Å². The lowest BCUT2D eigenvalue weighted by molar-refractivity contribution is 0.0696. The highest BCUT2D eigenvalue weighted by atomic mass is 35.5. The number of sulfonamides is 2. The molecular formula is C79H116Cl2N12O11S2Si2. The Morgan fingerprint density at radius 1 is 0.583 bits per heavy atom.